The Morgan fingerprint density at radius 1 is 1.50 bits per heavy atom. The van der Waals surface area contributed by atoms with Crippen molar-refractivity contribution < 1.29 is 19.9 Å². The number of nitrogens with zero attached hydrogens (tertiary/aromatic N) is 1. The molecule has 0 amide bonds. The van der Waals surface area contributed by atoms with Crippen LogP contribution in [0.15, 0.2) is 0 Å². The maximum Gasteiger partial charge on any atom is 0.312 e. The number of hydrogen-bond donors (Lipinski definition) is 2. The van der Waals surface area contributed by atoms with Gasteiger partial charge >= 0.3 is 6.23 Å². The summed E-state index contributed by atoms with van der Waals surface area (Å²) in [4.78, 5) is 18.2. The third kappa shape index (κ3) is 17.1. The fraction of sp³-hybridized carbons (Fsp3) is 0.875. The van der Waals surface area contributed by atoms with Crippen LogP contribution in [0.5, 0.6) is 0 Å². The summed E-state index contributed by atoms with van der Waals surface area (Å²) in [6.07, 6.45) is 1.63. The van der Waals surface area contributed by atoms with Crippen molar-refractivity contribution in [1.29, 1.82) is 0 Å². The minimum absolute atomic E-state index is 0.279. The van der Waals surface area contributed by atoms with E-state index in [9.17, 15) is 10.1 Å². The average Bonchev–Trinajstić information content (AvgIpc) is 2.03. The number of unbranched alkanes of at least 4 members (excludes halogenated alkanes) is 2. The Morgan fingerprint density at radius 3 is 2.21 bits per heavy atom. The van der Waals surface area contributed by atoms with Crippen LogP contribution < -0.4 is 0 Å². The second kappa shape index (κ2) is 9.91. The molecule has 0 fully saturated rings. The molecule has 0 aromatic carbocycles. The highest BCUT2D eigenvalue weighted by atomic mass is 16.7. The summed E-state index contributed by atoms with van der Waals surface area (Å²) in [6, 6.07) is 0. The lowest BCUT2D eigenvalue weighted by molar-refractivity contribution is -0.571. The van der Waals surface area contributed by atoms with E-state index < -0.39 is 17.1 Å². The second-order valence-electron chi connectivity index (χ2n) is 2.78. The highest BCUT2D eigenvalue weighted by molar-refractivity contribution is 5.62. The highest BCUT2D eigenvalue weighted by Gasteiger charge is 2.12. The molecule has 0 aliphatic carbocycles. The first kappa shape index (κ1) is 15.3. The van der Waals surface area contributed by atoms with E-state index in [1.165, 1.54) is 0 Å². The number of aliphatic hydroxyl groups excluding tert-OH is 1. The molecule has 2 N–H and O–H groups in total. The summed E-state index contributed by atoms with van der Waals surface area (Å²) in [5, 5.41) is 25.9. The van der Waals surface area contributed by atoms with Gasteiger partial charge in [-0.25, -0.2) is 0 Å². The molecule has 1 atom stereocenters. The number of carbonyl (C=O) groups is 1. The van der Waals surface area contributed by atoms with Gasteiger partial charge in [0.25, 0.3) is 5.97 Å². The van der Waals surface area contributed by atoms with Gasteiger partial charge in [0.05, 0.1) is 4.92 Å². The van der Waals surface area contributed by atoms with Crippen LogP contribution in [0.2, 0.25) is 0 Å². The predicted octanol–water partition coefficient (Wildman–Crippen LogP) is 1.25. The van der Waals surface area contributed by atoms with E-state index in [-0.39, 0.29) is 6.42 Å². The van der Waals surface area contributed by atoms with Crippen molar-refractivity contribution in [3.05, 3.63) is 10.1 Å². The summed E-state index contributed by atoms with van der Waals surface area (Å²) < 4.78 is 0. The predicted molar refractivity (Wildman–Crippen MR) is 50.5 cm³/mol. The lowest BCUT2D eigenvalue weighted by Crippen LogP contribution is -2.17. The maximum atomic E-state index is 9.85. The summed E-state index contributed by atoms with van der Waals surface area (Å²) in [7, 11) is 0. The number of aliphatic hydroxyl groups is 1. The fourth-order valence-electron chi connectivity index (χ4n) is 0.682. The molecule has 1 unspecified atom stereocenters. The van der Waals surface area contributed by atoms with E-state index in [1.54, 1.807) is 0 Å². The van der Waals surface area contributed by atoms with Crippen molar-refractivity contribution in [2.24, 2.45) is 0 Å². The zero-order valence-corrected chi connectivity index (χ0v) is 8.47. The number of hydrogen-bond acceptors (Lipinski definition) is 4. The van der Waals surface area contributed by atoms with E-state index in [0.717, 1.165) is 26.2 Å². The Morgan fingerprint density at radius 2 is 1.93 bits per heavy atom. The minimum atomic E-state index is -1.36. The van der Waals surface area contributed by atoms with Gasteiger partial charge < -0.3 is 10.2 Å². The average molecular weight is 207 g/mol. The molecule has 0 saturated heterocycles. The summed E-state index contributed by atoms with van der Waals surface area (Å²) in [6.45, 7) is 3.10. The van der Waals surface area contributed by atoms with E-state index >= 15 is 0 Å². The normalized spacial score (nSPS) is 11.1. The van der Waals surface area contributed by atoms with Crippen molar-refractivity contribution in [3.63, 3.8) is 0 Å². The number of rotatable bonds is 5. The number of nitro groups is 1. The minimum Gasteiger partial charge on any atom is -0.481 e. The third-order valence-electron chi connectivity index (χ3n) is 1.31. The molecule has 0 aliphatic heterocycles. The molecule has 14 heavy (non-hydrogen) atoms. The second-order valence-corrected chi connectivity index (χ2v) is 2.78. The Hall–Kier alpha value is -1.17. The van der Waals surface area contributed by atoms with Crippen molar-refractivity contribution >= 4 is 5.97 Å². The topological polar surface area (TPSA) is 101 Å². The van der Waals surface area contributed by atoms with Gasteiger partial charge in [-0.05, 0) is 6.42 Å². The van der Waals surface area contributed by atoms with Crippen LogP contribution in [0.1, 0.15) is 39.5 Å². The molecule has 0 aromatic rings. The highest BCUT2D eigenvalue weighted by Crippen LogP contribution is 2.02. The Labute approximate surface area is 82.7 Å². The monoisotopic (exact) mass is 207 g/mol. The third-order valence-corrected chi connectivity index (χ3v) is 1.31. The van der Waals surface area contributed by atoms with Crippen LogP contribution in [0.3, 0.4) is 0 Å². The fourth-order valence-corrected chi connectivity index (χ4v) is 0.682. The van der Waals surface area contributed by atoms with E-state index in [2.05, 4.69) is 0 Å². The van der Waals surface area contributed by atoms with Crippen molar-refractivity contribution in [2.75, 3.05) is 0 Å². The summed E-state index contributed by atoms with van der Waals surface area (Å²) in [5.74, 6) is -0.833. The molecule has 6 nitrogen and oxygen atoms in total. The zero-order valence-electron chi connectivity index (χ0n) is 8.47. The van der Waals surface area contributed by atoms with Crippen LogP contribution in [0.25, 0.3) is 0 Å². The lowest BCUT2D eigenvalue weighted by Gasteiger charge is -1.99. The van der Waals surface area contributed by atoms with Crippen molar-refractivity contribution in [3.8, 4) is 0 Å². The number of carboxylic acids is 1. The molecule has 0 bridgehead atoms. The van der Waals surface area contributed by atoms with Crippen LogP contribution >= 0.6 is 0 Å². The number of aliphatic carboxylic acids is 1. The molecule has 0 saturated carbocycles. The van der Waals surface area contributed by atoms with Gasteiger partial charge in [0.2, 0.25) is 0 Å². The smallest absolute Gasteiger partial charge is 0.312 e. The summed E-state index contributed by atoms with van der Waals surface area (Å²) in [5.41, 5.74) is 0. The molecule has 0 aliphatic rings. The van der Waals surface area contributed by atoms with Gasteiger partial charge in [0.1, 0.15) is 0 Å². The Kier molecular flexibility index (Phi) is 10.8. The van der Waals surface area contributed by atoms with Crippen LogP contribution in [-0.2, 0) is 4.79 Å². The van der Waals surface area contributed by atoms with Crippen LogP contribution in [0, 0.1) is 10.1 Å². The van der Waals surface area contributed by atoms with E-state index in [1.807, 2.05) is 6.92 Å². The molecule has 6 heteroatoms. The zero-order chi connectivity index (χ0) is 11.6. The van der Waals surface area contributed by atoms with Gasteiger partial charge in [0, 0.05) is 13.3 Å². The van der Waals surface area contributed by atoms with Crippen LogP contribution in [-0.4, -0.2) is 27.3 Å². The molecule has 0 rings (SSSR count). The molecule has 84 valence electrons. The van der Waals surface area contributed by atoms with Gasteiger partial charge in [-0.15, -0.1) is 0 Å². The molecule has 0 aromatic heterocycles. The maximum absolute atomic E-state index is 9.85. The van der Waals surface area contributed by atoms with E-state index in [0.29, 0.717) is 0 Å². The molecular weight excluding hydrogens is 190 g/mol. The lowest BCUT2D eigenvalue weighted by atomic mass is 10.2. The standard InChI is InChI=1S/C6H13NO3.C2H4O2/c1-2-3-4-5-6(8)7(9)10;1-2(3)4/h6,8H,2-5H2,1H3;1H3,(H,3,4). The molecule has 0 radical (unpaired) electrons. The molecular formula is C8H17NO5. The Balaban J connectivity index is 0. The van der Waals surface area contributed by atoms with Gasteiger partial charge in [-0.3, -0.25) is 14.9 Å². The molecule has 0 heterocycles. The van der Waals surface area contributed by atoms with Crippen molar-refractivity contribution in [2.45, 2.75) is 45.8 Å². The van der Waals surface area contributed by atoms with Gasteiger partial charge in [-0.1, -0.05) is 19.8 Å². The first-order chi connectivity index (χ1) is 6.41. The number of carboxylic acid groups (broad SMARTS) is 1. The van der Waals surface area contributed by atoms with E-state index in [4.69, 9.17) is 15.0 Å². The van der Waals surface area contributed by atoms with Crippen LogP contribution in [0.4, 0.5) is 0 Å². The largest absolute Gasteiger partial charge is 0.481 e. The van der Waals surface area contributed by atoms with Gasteiger partial charge in [-0.2, -0.15) is 0 Å². The molecule has 0 spiro atoms. The first-order valence-electron chi connectivity index (χ1n) is 4.42. The van der Waals surface area contributed by atoms with Gasteiger partial charge in [0.15, 0.2) is 0 Å². The summed E-state index contributed by atoms with van der Waals surface area (Å²) >= 11 is 0. The SMILES string of the molecule is CC(=O)O.CCCCCC(O)[N+](=O)[O-]. The Bertz CT molecular complexity index is 167. The first-order valence-corrected chi connectivity index (χ1v) is 4.42. The van der Waals surface area contributed by atoms with Crippen molar-refractivity contribution in [1.82, 2.24) is 0 Å². The quantitative estimate of drug-likeness (QED) is 0.306.